The molecule has 1 aliphatic heterocycles. The molecule has 4 heteroatoms. The van der Waals surface area contributed by atoms with Gasteiger partial charge in [-0.15, -0.1) is 0 Å². The van der Waals surface area contributed by atoms with Crippen molar-refractivity contribution in [2.45, 2.75) is 39.2 Å². The van der Waals surface area contributed by atoms with Crippen LogP contribution in [-0.2, 0) is 0 Å². The molecule has 3 N–H and O–H groups in total. The van der Waals surface area contributed by atoms with E-state index in [0.717, 1.165) is 12.5 Å². The first kappa shape index (κ1) is 12.7. The monoisotopic (exact) mass is 238 g/mol. The summed E-state index contributed by atoms with van der Waals surface area (Å²) in [5, 5.41) is 3.24. The fraction of sp³-hybridized carbons (Fsp3) is 0.923. The molecule has 17 heavy (non-hydrogen) atoms. The van der Waals surface area contributed by atoms with Crippen molar-refractivity contribution in [1.29, 1.82) is 0 Å². The van der Waals surface area contributed by atoms with E-state index in [1.54, 1.807) is 0 Å². The number of guanidine groups is 1. The summed E-state index contributed by atoms with van der Waals surface area (Å²) in [6.45, 7) is 9.09. The molecule has 0 spiro atoms. The highest BCUT2D eigenvalue weighted by Crippen LogP contribution is 2.19. The fourth-order valence-electron chi connectivity index (χ4n) is 2.45. The van der Waals surface area contributed by atoms with Crippen molar-refractivity contribution in [3.05, 3.63) is 0 Å². The molecule has 0 aromatic heterocycles. The van der Waals surface area contributed by atoms with E-state index in [1.165, 1.54) is 38.9 Å². The smallest absolute Gasteiger partial charge is 0.188 e. The maximum atomic E-state index is 5.83. The molecule has 1 heterocycles. The summed E-state index contributed by atoms with van der Waals surface area (Å²) in [6.07, 6.45) is 3.77. The fourth-order valence-corrected chi connectivity index (χ4v) is 2.45. The highest BCUT2D eigenvalue weighted by Gasteiger charge is 2.23. The Labute approximate surface area is 105 Å². The molecular formula is C13H26N4. The predicted molar refractivity (Wildman–Crippen MR) is 72.0 cm³/mol. The van der Waals surface area contributed by atoms with E-state index in [4.69, 9.17) is 5.73 Å². The Morgan fingerprint density at radius 2 is 2.18 bits per heavy atom. The average Bonchev–Trinajstić information content (AvgIpc) is 2.94. The van der Waals surface area contributed by atoms with Gasteiger partial charge in [-0.05, 0) is 37.6 Å². The van der Waals surface area contributed by atoms with Crippen LogP contribution in [-0.4, -0.2) is 43.1 Å². The van der Waals surface area contributed by atoms with Gasteiger partial charge in [-0.1, -0.05) is 13.8 Å². The van der Waals surface area contributed by atoms with Crippen LogP contribution >= 0.6 is 0 Å². The molecule has 0 aromatic rings. The lowest BCUT2D eigenvalue weighted by atomic mass is 10.1. The van der Waals surface area contributed by atoms with Gasteiger partial charge in [0.25, 0.3) is 0 Å². The Kier molecular flexibility index (Phi) is 4.26. The number of nitrogens with two attached hydrogens (primary N) is 1. The Hall–Kier alpha value is -0.770. The number of likely N-dealkylation sites (tertiary alicyclic amines) is 1. The van der Waals surface area contributed by atoms with E-state index in [9.17, 15) is 0 Å². The summed E-state index contributed by atoms with van der Waals surface area (Å²) in [5.41, 5.74) is 5.83. The molecule has 0 aromatic carbocycles. The first-order valence-electron chi connectivity index (χ1n) is 6.92. The molecule has 2 aliphatic rings. The van der Waals surface area contributed by atoms with Crippen molar-refractivity contribution in [1.82, 2.24) is 10.2 Å². The van der Waals surface area contributed by atoms with Crippen LogP contribution in [0.15, 0.2) is 4.99 Å². The van der Waals surface area contributed by atoms with Crippen LogP contribution in [0.3, 0.4) is 0 Å². The summed E-state index contributed by atoms with van der Waals surface area (Å²) >= 11 is 0. The molecule has 2 fully saturated rings. The van der Waals surface area contributed by atoms with Gasteiger partial charge in [0.15, 0.2) is 5.96 Å². The third kappa shape index (κ3) is 4.54. The van der Waals surface area contributed by atoms with E-state index in [-0.39, 0.29) is 0 Å². The lowest BCUT2D eigenvalue weighted by Gasteiger charge is -2.17. The lowest BCUT2D eigenvalue weighted by molar-refractivity contribution is 0.288. The molecule has 1 saturated carbocycles. The van der Waals surface area contributed by atoms with Crippen molar-refractivity contribution in [2.24, 2.45) is 22.6 Å². The van der Waals surface area contributed by atoms with Gasteiger partial charge in [0.1, 0.15) is 0 Å². The maximum absolute atomic E-state index is 5.83. The van der Waals surface area contributed by atoms with E-state index in [0.29, 0.717) is 17.9 Å². The summed E-state index contributed by atoms with van der Waals surface area (Å²) in [5.74, 6) is 2.11. The molecule has 1 atom stereocenters. The normalized spacial score (nSPS) is 26.8. The SMILES string of the molecule is CC(C)CN1CCC(CN=C(N)NC2CC2)C1. The number of aliphatic imine (C=N–C) groups is 1. The van der Waals surface area contributed by atoms with Crippen LogP contribution < -0.4 is 11.1 Å². The third-order valence-corrected chi connectivity index (χ3v) is 3.44. The van der Waals surface area contributed by atoms with E-state index in [2.05, 4.69) is 29.1 Å². The van der Waals surface area contributed by atoms with Crippen LogP contribution in [0, 0.1) is 11.8 Å². The predicted octanol–water partition coefficient (Wildman–Crippen LogP) is 1.03. The van der Waals surface area contributed by atoms with Crippen LogP contribution in [0.5, 0.6) is 0 Å². The maximum Gasteiger partial charge on any atom is 0.188 e. The average molecular weight is 238 g/mol. The number of nitrogens with zero attached hydrogens (tertiary/aromatic N) is 2. The van der Waals surface area contributed by atoms with Gasteiger partial charge in [0.2, 0.25) is 0 Å². The molecule has 4 nitrogen and oxygen atoms in total. The second-order valence-electron chi connectivity index (χ2n) is 5.95. The molecule has 0 bridgehead atoms. The van der Waals surface area contributed by atoms with Crippen molar-refractivity contribution >= 4 is 5.96 Å². The van der Waals surface area contributed by atoms with Gasteiger partial charge >= 0.3 is 0 Å². The van der Waals surface area contributed by atoms with Crippen molar-refractivity contribution in [2.75, 3.05) is 26.2 Å². The van der Waals surface area contributed by atoms with Gasteiger partial charge in [0, 0.05) is 25.7 Å². The Balaban J connectivity index is 1.66. The minimum atomic E-state index is 0.611. The molecule has 1 aliphatic carbocycles. The molecule has 0 amide bonds. The zero-order chi connectivity index (χ0) is 12.3. The number of hydrogen-bond donors (Lipinski definition) is 2. The Bertz CT molecular complexity index is 271. The first-order valence-corrected chi connectivity index (χ1v) is 6.92. The highest BCUT2D eigenvalue weighted by molar-refractivity contribution is 5.78. The van der Waals surface area contributed by atoms with Crippen LogP contribution in [0.2, 0.25) is 0 Å². The topological polar surface area (TPSA) is 53.6 Å². The Morgan fingerprint density at radius 1 is 1.41 bits per heavy atom. The molecule has 0 radical (unpaired) electrons. The zero-order valence-electron chi connectivity index (χ0n) is 11.2. The van der Waals surface area contributed by atoms with E-state index < -0.39 is 0 Å². The highest BCUT2D eigenvalue weighted by atomic mass is 15.2. The lowest BCUT2D eigenvalue weighted by Crippen LogP contribution is -2.34. The zero-order valence-corrected chi connectivity index (χ0v) is 11.2. The first-order chi connectivity index (χ1) is 8.13. The number of rotatable bonds is 5. The molecule has 2 rings (SSSR count). The van der Waals surface area contributed by atoms with E-state index >= 15 is 0 Å². The van der Waals surface area contributed by atoms with Gasteiger partial charge in [-0.25, -0.2) is 0 Å². The summed E-state index contributed by atoms with van der Waals surface area (Å²) < 4.78 is 0. The van der Waals surface area contributed by atoms with Crippen molar-refractivity contribution in [3.63, 3.8) is 0 Å². The largest absolute Gasteiger partial charge is 0.370 e. The number of nitrogens with one attached hydrogen (secondary N) is 1. The molecule has 1 unspecified atom stereocenters. The van der Waals surface area contributed by atoms with Crippen molar-refractivity contribution < 1.29 is 0 Å². The van der Waals surface area contributed by atoms with Gasteiger partial charge in [0.05, 0.1) is 0 Å². The van der Waals surface area contributed by atoms with Crippen molar-refractivity contribution in [3.8, 4) is 0 Å². The standard InChI is InChI=1S/C13H26N4/c1-10(2)8-17-6-5-11(9-17)7-15-13(14)16-12-3-4-12/h10-12H,3-9H2,1-2H3,(H3,14,15,16). The molecule has 98 valence electrons. The molecule has 1 saturated heterocycles. The van der Waals surface area contributed by atoms with Crippen LogP contribution in [0.4, 0.5) is 0 Å². The second kappa shape index (κ2) is 5.71. The van der Waals surface area contributed by atoms with Gasteiger partial charge in [-0.2, -0.15) is 0 Å². The van der Waals surface area contributed by atoms with Crippen LogP contribution in [0.25, 0.3) is 0 Å². The van der Waals surface area contributed by atoms with Gasteiger partial charge in [-0.3, -0.25) is 4.99 Å². The van der Waals surface area contributed by atoms with E-state index in [1.807, 2.05) is 0 Å². The summed E-state index contributed by atoms with van der Waals surface area (Å²) in [4.78, 5) is 7.01. The Morgan fingerprint density at radius 3 is 2.82 bits per heavy atom. The second-order valence-corrected chi connectivity index (χ2v) is 5.95. The minimum absolute atomic E-state index is 0.611. The molecular weight excluding hydrogens is 212 g/mol. The summed E-state index contributed by atoms with van der Waals surface area (Å²) in [6, 6.07) is 0.611. The minimum Gasteiger partial charge on any atom is -0.370 e. The third-order valence-electron chi connectivity index (χ3n) is 3.44. The van der Waals surface area contributed by atoms with Crippen LogP contribution in [0.1, 0.15) is 33.1 Å². The number of hydrogen-bond acceptors (Lipinski definition) is 2. The quantitative estimate of drug-likeness (QED) is 0.555. The van der Waals surface area contributed by atoms with Gasteiger partial charge < -0.3 is 16.0 Å². The summed E-state index contributed by atoms with van der Waals surface area (Å²) in [7, 11) is 0.